The molecule has 1 aromatic carbocycles. The number of nitrogens with zero attached hydrogens (tertiary/aromatic N) is 2. The maximum absolute atomic E-state index is 14.0. The fourth-order valence-electron chi connectivity index (χ4n) is 1.60. The molecule has 0 atom stereocenters. The van der Waals surface area contributed by atoms with Crippen LogP contribution >= 0.6 is 0 Å². The van der Waals surface area contributed by atoms with Crippen molar-refractivity contribution in [3.05, 3.63) is 29.1 Å². The Morgan fingerprint density at radius 2 is 2.14 bits per heavy atom. The summed E-state index contributed by atoms with van der Waals surface area (Å²) >= 11 is 0. The highest BCUT2D eigenvalue weighted by Gasteiger charge is 2.14. The molecule has 0 saturated carbocycles. The maximum Gasteiger partial charge on any atom is 0.222 e. The smallest absolute Gasteiger partial charge is 0.222 e. The van der Waals surface area contributed by atoms with E-state index in [0.29, 0.717) is 18.1 Å². The van der Waals surface area contributed by atoms with E-state index >= 15 is 0 Å². The lowest BCUT2D eigenvalue weighted by molar-refractivity contribution is 0.119. The summed E-state index contributed by atoms with van der Waals surface area (Å²) in [5.74, 6) is -0.240. The van der Waals surface area contributed by atoms with Crippen LogP contribution in [0.2, 0.25) is 0 Å². The molecule has 0 unspecified atom stereocenters. The van der Waals surface area contributed by atoms with Crippen molar-refractivity contribution in [1.29, 1.82) is 5.26 Å². The highest BCUT2D eigenvalue weighted by molar-refractivity contribution is 5.72. The standard InChI is InChI=1S/C15H19FN2O3/c1-5-19-11(4)18-20-9-12-6-13(8-17)15(14(16)7-12)21-10(2)3/h6-7,10H,5,9H2,1-4H3/b18-11+. The zero-order valence-corrected chi connectivity index (χ0v) is 12.6. The first-order valence-electron chi connectivity index (χ1n) is 6.66. The summed E-state index contributed by atoms with van der Waals surface area (Å²) in [6, 6.07) is 4.71. The van der Waals surface area contributed by atoms with E-state index in [0.717, 1.165) is 0 Å². The van der Waals surface area contributed by atoms with Gasteiger partial charge < -0.3 is 14.3 Å². The Bertz CT molecular complexity index is 551. The van der Waals surface area contributed by atoms with Gasteiger partial charge in [-0.3, -0.25) is 0 Å². The number of ether oxygens (including phenoxy) is 2. The fourth-order valence-corrected chi connectivity index (χ4v) is 1.60. The van der Waals surface area contributed by atoms with E-state index < -0.39 is 5.82 Å². The molecule has 114 valence electrons. The number of benzene rings is 1. The van der Waals surface area contributed by atoms with E-state index in [2.05, 4.69) is 5.16 Å². The molecular formula is C15H19FN2O3. The van der Waals surface area contributed by atoms with Crippen molar-refractivity contribution in [2.75, 3.05) is 6.61 Å². The average molecular weight is 294 g/mol. The number of hydrogen-bond donors (Lipinski definition) is 0. The minimum Gasteiger partial charge on any atom is -0.487 e. The van der Waals surface area contributed by atoms with E-state index in [4.69, 9.17) is 19.6 Å². The molecule has 0 aliphatic rings. The molecule has 0 aliphatic heterocycles. The minimum absolute atomic E-state index is 0.0368. The average Bonchev–Trinajstić information content (AvgIpc) is 2.41. The Kier molecular flexibility index (Phi) is 6.47. The van der Waals surface area contributed by atoms with Crippen molar-refractivity contribution in [3.63, 3.8) is 0 Å². The molecule has 1 aromatic rings. The molecular weight excluding hydrogens is 275 g/mol. The van der Waals surface area contributed by atoms with Gasteiger partial charge in [-0.05, 0) is 38.5 Å². The van der Waals surface area contributed by atoms with Crippen molar-refractivity contribution < 1.29 is 18.7 Å². The van der Waals surface area contributed by atoms with Crippen molar-refractivity contribution in [2.24, 2.45) is 5.16 Å². The lowest BCUT2D eigenvalue weighted by Crippen LogP contribution is -2.09. The van der Waals surface area contributed by atoms with Crippen molar-refractivity contribution >= 4 is 5.90 Å². The Morgan fingerprint density at radius 1 is 1.43 bits per heavy atom. The van der Waals surface area contributed by atoms with Crippen molar-refractivity contribution in [1.82, 2.24) is 0 Å². The van der Waals surface area contributed by atoms with Crippen LogP contribution < -0.4 is 4.74 Å². The van der Waals surface area contributed by atoms with Gasteiger partial charge in [0.15, 0.2) is 11.6 Å². The van der Waals surface area contributed by atoms with Gasteiger partial charge in [-0.1, -0.05) is 5.16 Å². The lowest BCUT2D eigenvalue weighted by atomic mass is 10.1. The van der Waals surface area contributed by atoms with E-state index in [-0.39, 0.29) is 24.0 Å². The van der Waals surface area contributed by atoms with Gasteiger partial charge in [0, 0.05) is 6.92 Å². The lowest BCUT2D eigenvalue weighted by Gasteiger charge is -2.13. The third kappa shape index (κ3) is 5.30. The van der Waals surface area contributed by atoms with Gasteiger partial charge in [0.05, 0.1) is 18.3 Å². The second kappa shape index (κ2) is 8.10. The van der Waals surface area contributed by atoms with Crippen LogP contribution in [0.3, 0.4) is 0 Å². The Balaban J connectivity index is 2.84. The molecule has 0 fully saturated rings. The third-order valence-electron chi connectivity index (χ3n) is 2.35. The predicted molar refractivity (Wildman–Crippen MR) is 76.4 cm³/mol. The molecule has 6 heteroatoms. The predicted octanol–water partition coefficient (Wildman–Crippen LogP) is 3.37. The quantitative estimate of drug-likeness (QED) is 0.458. The van der Waals surface area contributed by atoms with Crippen LogP contribution in [0.25, 0.3) is 0 Å². The Hall–Kier alpha value is -2.29. The summed E-state index contributed by atoms with van der Waals surface area (Å²) in [6.45, 7) is 7.56. The molecule has 0 spiro atoms. The van der Waals surface area contributed by atoms with Crippen LogP contribution in [0.4, 0.5) is 4.39 Å². The van der Waals surface area contributed by atoms with E-state index in [9.17, 15) is 4.39 Å². The van der Waals surface area contributed by atoms with Gasteiger partial charge in [0.25, 0.3) is 0 Å². The van der Waals surface area contributed by atoms with Crippen LogP contribution in [0.15, 0.2) is 17.3 Å². The topological polar surface area (TPSA) is 63.8 Å². The molecule has 0 aromatic heterocycles. The first-order valence-corrected chi connectivity index (χ1v) is 6.66. The molecule has 1 rings (SSSR count). The summed E-state index contributed by atoms with van der Waals surface area (Å²) in [4.78, 5) is 5.06. The number of rotatable bonds is 6. The monoisotopic (exact) mass is 294 g/mol. The molecule has 21 heavy (non-hydrogen) atoms. The third-order valence-corrected chi connectivity index (χ3v) is 2.35. The highest BCUT2D eigenvalue weighted by Crippen LogP contribution is 2.25. The van der Waals surface area contributed by atoms with Crippen LogP contribution in [0, 0.1) is 17.1 Å². The SMILES string of the molecule is CCO/C(C)=N/OCc1cc(F)c(OC(C)C)c(C#N)c1. The number of nitriles is 1. The normalized spacial score (nSPS) is 11.2. The van der Waals surface area contributed by atoms with E-state index in [1.165, 1.54) is 12.1 Å². The number of hydrogen-bond acceptors (Lipinski definition) is 5. The molecule has 0 saturated heterocycles. The van der Waals surface area contributed by atoms with Gasteiger partial charge >= 0.3 is 0 Å². The van der Waals surface area contributed by atoms with Gasteiger partial charge in [0.2, 0.25) is 5.90 Å². The summed E-state index contributed by atoms with van der Waals surface area (Å²) in [6.07, 6.45) is -0.216. The molecule has 0 heterocycles. The van der Waals surface area contributed by atoms with E-state index in [1.807, 2.05) is 13.0 Å². The molecule has 0 N–H and O–H groups in total. The zero-order chi connectivity index (χ0) is 15.8. The fraction of sp³-hybridized carbons (Fsp3) is 0.467. The molecule has 0 amide bonds. The van der Waals surface area contributed by atoms with Gasteiger partial charge in [-0.25, -0.2) is 4.39 Å². The maximum atomic E-state index is 14.0. The zero-order valence-electron chi connectivity index (χ0n) is 12.6. The first kappa shape index (κ1) is 16.8. The Morgan fingerprint density at radius 3 is 2.71 bits per heavy atom. The van der Waals surface area contributed by atoms with Gasteiger partial charge in [-0.2, -0.15) is 5.26 Å². The summed E-state index contributed by atoms with van der Waals surface area (Å²) < 4.78 is 24.4. The van der Waals surface area contributed by atoms with Crippen molar-refractivity contribution in [3.8, 4) is 11.8 Å². The number of oxime groups is 1. The second-order valence-corrected chi connectivity index (χ2v) is 4.55. The Labute approximate surface area is 123 Å². The van der Waals surface area contributed by atoms with Crippen LogP contribution in [0.5, 0.6) is 5.75 Å². The van der Waals surface area contributed by atoms with Gasteiger partial charge in [0.1, 0.15) is 12.7 Å². The van der Waals surface area contributed by atoms with Gasteiger partial charge in [-0.15, -0.1) is 0 Å². The molecule has 0 aliphatic carbocycles. The summed E-state index contributed by atoms with van der Waals surface area (Å²) in [5.41, 5.74) is 0.626. The van der Waals surface area contributed by atoms with Crippen LogP contribution in [-0.2, 0) is 16.2 Å². The van der Waals surface area contributed by atoms with Crippen molar-refractivity contribution in [2.45, 2.75) is 40.4 Å². The van der Waals surface area contributed by atoms with Crippen LogP contribution in [0.1, 0.15) is 38.8 Å². The van der Waals surface area contributed by atoms with E-state index in [1.54, 1.807) is 20.8 Å². The second-order valence-electron chi connectivity index (χ2n) is 4.55. The first-order chi connectivity index (χ1) is 9.97. The largest absolute Gasteiger partial charge is 0.487 e. The van der Waals surface area contributed by atoms with Crippen LogP contribution in [-0.4, -0.2) is 18.6 Å². The summed E-state index contributed by atoms with van der Waals surface area (Å²) in [7, 11) is 0. The highest BCUT2D eigenvalue weighted by atomic mass is 19.1. The molecule has 5 nitrogen and oxygen atoms in total. The molecule has 0 bridgehead atoms. The summed E-state index contributed by atoms with van der Waals surface area (Å²) in [5, 5.41) is 12.8. The minimum atomic E-state index is -0.591. The molecule has 0 radical (unpaired) electrons. The number of halogens is 1.